The lowest BCUT2D eigenvalue weighted by Crippen LogP contribution is -2.38. The van der Waals surface area contributed by atoms with E-state index in [1.807, 2.05) is 30.3 Å². The summed E-state index contributed by atoms with van der Waals surface area (Å²) < 4.78 is 39.6. The molecule has 1 N–H and O–H groups in total. The normalized spacial score (nSPS) is 20.6. The summed E-state index contributed by atoms with van der Waals surface area (Å²) in [5.74, 6) is 0.0682. The van der Waals surface area contributed by atoms with Crippen molar-refractivity contribution in [2.75, 3.05) is 46.6 Å². The van der Waals surface area contributed by atoms with Crippen LogP contribution in [0.1, 0.15) is 11.5 Å². The van der Waals surface area contributed by atoms with E-state index in [1.54, 1.807) is 18.7 Å². The highest BCUT2D eigenvalue weighted by molar-refractivity contribution is 7.89. The molecule has 2 heterocycles. The zero-order chi connectivity index (χ0) is 20.0. The summed E-state index contributed by atoms with van der Waals surface area (Å²) in [5.41, 5.74) is 1.12. The maximum atomic E-state index is 13.0. The molecule has 0 bridgehead atoms. The minimum absolute atomic E-state index is 0.00640. The number of hydrogen-bond donors (Lipinski definition) is 1. The van der Waals surface area contributed by atoms with E-state index in [9.17, 15) is 8.42 Å². The van der Waals surface area contributed by atoms with E-state index in [0.717, 1.165) is 5.56 Å². The average molecular weight is 409 g/mol. The van der Waals surface area contributed by atoms with Crippen LogP contribution in [-0.2, 0) is 26.5 Å². The summed E-state index contributed by atoms with van der Waals surface area (Å²) in [6, 6.07) is 10.0. The van der Waals surface area contributed by atoms with Crippen LogP contribution < -0.4 is 5.32 Å². The van der Waals surface area contributed by atoms with Gasteiger partial charge in [-0.3, -0.25) is 0 Å². The van der Waals surface area contributed by atoms with Gasteiger partial charge in [0.05, 0.1) is 26.1 Å². The van der Waals surface area contributed by atoms with Crippen molar-refractivity contribution >= 4 is 10.0 Å². The van der Waals surface area contributed by atoms with E-state index >= 15 is 0 Å². The molecule has 1 saturated heterocycles. The fraction of sp³-hybridized carbons (Fsp3) is 0.526. The van der Waals surface area contributed by atoms with Crippen molar-refractivity contribution in [3.8, 4) is 0 Å². The number of nitrogens with zero attached hydrogens (tertiary/aromatic N) is 3. The topological polar surface area (TPSA) is 85.7 Å². The molecule has 0 saturated carbocycles. The second-order valence-electron chi connectivity index (χ2n) is 6.88. The van der Waals surface area contributed by atoms with Gasteiger partial charge in [-0.1, -0.05) is 30.3 Å². The molecule has 0 radical (unpaired) electrons. The zero-order valence-electron chi connectivity index (χ0n) is 16.3. The molecule has 2 atom stereocenters. The van der Waals surface area contributed by atoms with Crippen LogP contribution in [0.15, 0.2) is 47.9 Å². The van der Waals surface area contributed by atoms with Crippen molar-refractivity contribution in [3.05, 3.63) is 48.4 Å². The number of hydrogen-bond acceptors (Lipinski definition) is 6. The zero-order valence-corrected chi connectivity index (χ0v) is 17.1. The van der Waals surface area contributed by atoms with Crippen molar-refractivity contribution in [3.63, 3.8) is 0 Å². The van der Waals surface area contributed by atoms with E-state index in [4.69, 9.17) is 9.47 Å². The first kappa shape index (κ1) is 20.9. The quantitative estimate of drug-likeness (QED) is 0.586. The molecule has 0 amide bonds. The molecular weight excluding hydrogens is 380 g/mol. The molecule has 8 nitrogen and oxygen atoms in total. The Bertz CT molecular complexity index is 841. The largest absolute Gasteiger partial charge is 0.382 e. The standard InChI is InChI=1S/C19H28N4O4S/c1-22-14-19(21-15-22)28(24,25)23-12-17(16-6-4-3-5-7-16)18(13-23)20-8-9-27-11-10-26-2/h3-7,14-15,17-18,20H,8-13H2,1-2H3. The van der Waals surface area contributed by atoms with Gasteiger partial charge < -0.3 is 19.4 Å². The van der Waals surface area contributed by atoms with Crippen LogP contribution in [0, 0.1) is 0 Å². The Labute approximate surface area is 166 Å². The number of aromatic nitrogens is 2. The molecule has 9 heteroatoms. The molecule has 28 heavy (non-hydrogen) atoms. The number of methoxy groups -OCH3 is 1. The molecule has 0 aliphatic carbocycles. The highest BCUT2D eigenvalue weighted by Crippen LogP contribution is 2.31. The highest BCUT2D eigenvalue weighted by atomic mass is 32.2. The summed E-state index contributed by atoms with van der Waals surface area (Å²) >= 11 is 0. The van der Waals surface area contributed by atoms with Gasteiger partial charge >= 0.3 is 0 Å². The van der Waals surface area contributed by atoms with Crippen LogP contribution in [-0.4, -0.2) is 74.9 Å². The van der Waals surface area contributed by atoms with E-state index in [-0.39, 0.29) is 17.0 Å². The first-order chi connectivity index (χ1) is 13.5. The first-order valence-corrected chi connectivity index (χ1v) is 10.8. The number of aryl methyl sites for hydroxylation is 1. The van der Waals surface area contributed by atoms with Crippen molar-refractivity contribution in [1.29, 1.82) is 0 Å². The molecule has 0 spiro atoms. The summed E-state index contributed by atoms with van der Waals surface area (Å²) in [6.45, 7) is 3.13. The van der Waals surface area contributed by atoms with Crippen molar-refractivity contribution in [2.45, 2.75) is 17.0 Å². The van der Waals surface area contributed by atoms with Gasteiger partial charge in [-0.05, 0) is 5.56 Å². The van der Waals surface area contributed by atoms with Crippen LogP contribution in [0.2, 0.25) is 0 Å². The number of benzene rings is 1. The maximum absolute atomic E-state index is 13.0. The predicted octanol–water partition coefficient (Wildman–Crippen LogP) is 0.829. The van der Waals surface area contributed by atoms with Gasteiger partial charge in [0.2, 0.25) is 0 Å². The Morgan fingerprint density at radius 3 is 2.64 bits per heavy atom. The van der Waals surface area contributed by atoms with Crippen LogP contribution in [0.3, 0.4) is 0 Å². The maximum Gasteiger partial charge on any atom is 0.262 e. The molecule has 2 aromatic rings. The van der Waals surface area contributed by atoms with E-state index in [2.05, 4.69) is 10.3 Å². The smallest absolute Gasteiger partial charge is 0.262 e. The summed E-state index contributed by atoms with van der Waals surface area (Å²) in [7, 11) is -0.220. The Balaban J connectivity index is 1.70. The lowest BCUT2D eigenvalue weighted by molar-refractivity contribution is 0.0710. The lowest BCUT2D eigenvalue weighted by atomic mass is 9.94. The van der Waals surface area contributed by atoms with Gasteiger partial charge in [0.1, 0.15) is 0 Å². The van der Waals surface area contributed by atoms with Crippen molar-refractivity contribution in [2.24, 2.45) is 7.05 Å². The average Bonchev–Trinajstić information content (AvgIpc) is 3.32. The van der Waals surface area contributed by atoms with E-state index < -0.39 is 10.0 Å². The molecule has 2 unspecified atom stereocenters. The van der Waals surface area contributed by atoms with Gasteiger partial charge in [-0.25, -0.2) is 13.4 Å². The minimum Gasteiger partial charge on any atom is -0.382 e. The van der Waals surface area contributed by atoms with Crippen molar-refractivity contribution in [1.82, 2.24) is 19.2 Å². The van der Waals surface area contributed by atoms with Crippen LogP contribution >= 0.6 is 0 Å². The van der Waals surface area contributed by atoms with E-state index in [1.165, 1.54) is 16.8 Å². The molecule has 1 aliphatic heterocycles. The monoisotopic (exact) mass is 408 g/mol. The highest BCUT2D eigenvalue weighted by Gasteiger charge is 2.40. The number of ether oxygens (including phenoxy) is 2. The Morgan fingerprint density at radius 1 is 1.18 bits per heavy atom. The predicted molar refractivity (Wildman–Crippen MR) is 106 cm³/mol. The van der Waals surface area contributed by atoms with Gasteiger partial charge in [-0.15, -0.1) is 0 Å². The van der Waals surface area contributed by atoms with Gasteiger partial charge in [-0.2, -0.15) is 4.31 Å². The molecule has 154 valence electrons. The first-order valence-electron chi connectivity index (χ1n) is 9.35. The molecule has 1 fully saturated rings. The second kappa shape index (κ2) is 9.62. The Morgan fingerprint density at radius 2 is 1.96 bits per heavy atom. The number of rotatable bonds is 10. The third kappa shape index (κ3) is 4.98. The Kier molecular flexibility index (Phi) is 7.19. The summed E-state index contributed by atoms with van der Waals surface area (Å²) in [6.07, 6.45) is 3.04. The fourth-order valence-electron chi connectivity index (χ4n) is 3.42. The number of nitrogens with one attached hydrogen (secondary N) is 1. The molecule has 1 aromatic heterocycles. The van der Waals surface area contributed by atoms with Crippen molar-refractivity contribution < 1.29 is 17.9 Å². The third-order valence-corrected chi connectivity index (χ3v) is 6.60. The van der Waals surface area contributed by atoms with E-state index in [0.29, 0.717) is 39.5 Å². The molecule has 1 aromatic carbocycles. The van der Waals surface area contributed by atoms with Crippen LogP contribution in [0.25, 0.3) is 0 Å². The lowest BCUT2D eigenvalue weighted by Gasteiger charge is -2.20. The molecular formula is C19H28N4O4S. The Hall–Kier alpha value is -1.78. The summed E-state index contributed by atoms with van der Waals surface area (Å²) in [4.78, 5) is 4.04. The molecule has 1 aliphatic rings. The van der Waals surface area contributed by atoms with Crippen LogP contribution in [0.5, 0.6) is 0 Å². The summed E-state index contributed by atoms with van der Waals surface area (Å²) in [5, 5.41) is 3.56. The molecule has 3 rings (SSSR count). The third-order valence-electron chi connectivity index (χ3n) is 4.88. The van der Waals surface area contributed by atoms with Gasteiger partial charge in [0, 0.05) is 51.9 Å². The SMILES string of the molecule is COCCOCCNC1CN(S(=O)(=O)c2cn(C)cn2)CC1c1ccccc1. The number of imidazole rings is 1. The second-order valence-corrected chi connectivity index (χ2v) is 8.77. The van der Waals surface area contributed by atoms with Crippen LogP contribution in [0.4, 0.5) is 0 Å². The fourth-order valence-corrected chi connectivity index (χ4v) is 4.88. The number of sulfonamides is 1. The van der Waals surface area contributed by atoms with Gasteiger partial charge in [0.25, 0.3) is 10.0 Å². The van der Waals surface area contributed by atoms with Gasteiger partial charge in [0.15, 0.2) is 5.03 Å². The minimum atomic E-state index is -3.62.